The van der Waals surface area contributed by atoms with Gasteiger partial charge >= 0.3 is 5.97 Å². The lowest BCUT2D eigenvalue weighted by atomic mass is 9.91. The van der Waals surface area contributed by atoms with E-state index in [0.717, 1.165) is 12.1 Å². The van der Waals surface area contributed by atoms with Crippen molar-refractivity contribution in [3.05, 3.63) is 29.8 Å². The molecule has 2 atom stereocenters. The van der Waals surface area contributed by atoms with Gasteiger partial charge in [-0.05, 0) is 48.4 Å². The Hall–Kier alpha value is -1.51. The van der Waals surface area contributed by atoms with Gasteiger partial charge < -0.3 is 10.4 Å². The van der Waals surface area contributed by atoms with Crippen LogP contribution in [0.3, 0.4) is 0 Å². The third-order valence-electron chi connectivity index (χ3n) is 3.82. The molecule has 3 nitrogen and oxygen atoms in total. The molecule has 0 amide bonds. The van der Waals surface area contributed by atoms with Crippen molar-refractivity contribution in [3.8, 4) is 0 Å². The molecule has 1 aliphatic carbocycles. The zero-order valence-electron chi connectivity index (χ0n) is 11.2. The zero-order valence-corrected chi connectivity index (χ0v) is 11.2. The molecule has 0 bridgehead atoms. The van der Waals surface area contributed by atoms with Crippen LogP contribution in [0.4, 0.5) is 5.69 Å². The van der Waals surface area contributed by atoms with Crippen LogP contribution in [0.25, 0.3) is 0 Å². The topological polar surface area (TPSA) is 49.3 Å². The number of anilines is 1. The van der Waals surface area contributed by atoms with Gasteiger partial charge in [0.25, 0.3) is 0 Å². The summed E-state index contributed by atoms with van der Waals surface area (Å²) in [6, 6.07) is 7.48. The molecule has 2 unspecified atom stereocenters. The van der Waals surface area contributed by atoms with E-state index in [4.69, 9.17) is 5.11 Å². The summed E-state index contributed by atoms with van der Waals surface area (Å²) >= 11 is 0. The van der Waals surface area contributed by atoms with E-state index in [-0.39, 0.29) is 0 Å². The summed E-state index contributed by atoms with van der Waals surface area (Å²) in [5.41, 5.74) is 1.74. The Balaban J connectivity index is 2.04. The van der Waals surface area contributed by atoms with Crippen molar-refractivity contribution in [2.75, 3.05) is 5.32 Å². The number of hydrogen-bond acceptors (Lipinski definition) is 2. The van der Waals surface area contributed by atoms with E-state index >= 15 is 0 Å². The van der Waals surface area contributed by atoms with Crippen LogP contribution in [0.15, 0.2) is 24.3 Å². The number of rotatable bonds is 3. The maximum absolute atomic E-state index is 10.8. The molecule has 2 N–H and O–H groups in total. The molecule has 0 radical (unpaired) electrons. The Morgan fingerprint density at radius 3 is 2.33 bits per heavy atom. The third-order valence-corrected chi connectivity index (χ3v) is 3.82. The van der Waals surface area contributed by atoms with E-state index < -0.39 is 5.97 Å². The summed E-state index contributed by atoms with van der Waals surface area (Å²) < 4.78 is 0. The Bertz CT molecular complexity index is 436. The Morgan fingerprint density at radius 1 is 1.28 bits per heavy atom. The minimum atomic E-state index is -0.878. The average molecular weight is 247 g/mol. The van der Waals surface area contributed by atoms with Gasteiger partial charge in [-0.3, -0.25) is 0 Å². The first-order valence-corrected chi connectivity index (χ1v) is 6.47. The first-order valence-electron chi connectivity index (χ1n) is 6.47. The number of benzene rings is 1. The quantitative estimate of drug-likeness (QED) is 0.857. The van der Waals surface area contributed by atoms with Gasteiger partial charge in [-0.15, -0.1) is 0 Å². The van der Waals surface area contributed by atoms with Crippen molar-refractivity contribution < 1.29 is 9.90 Å². The van der Waals surface area contributed by atoms with Crippen LogP contribution < -0.4 is 5.32 Å². The summed E-state index contributed by atoms with van der Waals surface area (Å²) in [6.07, 6.45) is 2.40. The fourth-order valence-electron chi connectivity index (χ4n) is 3.01. The van der Waals surface area contributed by atoms with Gasteiger partial charge in [-0.25, -0.2) is 4.79 Å². The SMILES string of the molecule is CC1CC(C)(C)CC1Nc1ccc(C(=O)O)cc1. The molecular weight excluding hydrogens is 226 g/mol. The molecule has 2 rings (SSSR count). The molecule has 0 aromatic heterocycles. The fraction of sp³-hybridized carbons (Fsp3) is 0.533. The molecule has 1 saturated carbocycles. The van der Waals surface area contributed by atoms with Gasteiger partial charge in [0.05, 0.1) is 5.56 Å². The van der Waals surface area contributed by atoms with Crippen molar-refractivity contribution in [2.45, 2.75) is 39.7 Å². The predicted octanol–water partition coefficient (Wildman–Crippen LogP) is 3.62. The number of carboxylic acid groups (broad SMARTS) is 1. The van der Waals surface area contributed by atoms with E-state index in [1.807, 2.05) is 12.1 Å². The maximum Gasteiger partial charge on any atom is 0.335 e. The van der Waals surface area contributed by atoms with Crippen LogP contribution in [-0.2, 0) is 0 Å². The summed E-state index contributed by atoms with van der Waals surface area (Å²) in [4.78, 5) is 10.8. The normalized spacial score (nSPS) is 25.9. The maximum atomic E-state index is 10.8. The Labute approximate surface area is 108 Å². The minimum absolute atomic E-state index is 0.334. The highest BCUT2D eigenvalue weighted by Gasteiger charge is 2.36. The molecule has 0 spiro atoms. The molecule has 1 aliphatic rings. The standard InChI is InChI=1S/C15H21NO2/c1-10-8-15(2,3)9-13(10)16-12-6-4-11(5-7-12)14(17)18/h4-7,10,13,16H,8-9H2,1-3H3,(H,17,18). The summed E-state index contributed by atoms with van der Waals surface area (Å²) in [5, 5.41) is 12.4. The molecule has 1 aromatic carbocycles. The molecule has 0 aliphatic heterocycles. The highest BCUT2D eigenvalue weighted by molar-refractivity contribution is 5.88. The van der Waals surface area contributed by atoms with E-state index in [9.17, 15) is 4.79 Å². The lowest BCUT2D eigenvalue weighted by molar-refractivity contribution is 0.0697. The first kappa shape index (κ1) is 12.9. The Morgan fingerprint density at radius 2 is 1.89 bits per heavy atom. The van der Waals surface area contributed by atoms with Gasteiger partial charge in [-0.2, -0.15) is 0 Å². The molecular formula is C15H21NO2. The second-order valence-corrected chi connectivity index (χ2v) is 6.18. The van der Waals surface area contributed by atoms with E-state index in [2.05, 4.69) is 26.1 Å². The number of aromatic carboxylic acids is 1. The number of hydrogen-bond donors (Lipinski definition) is 2. The lowest BCUT2D eigenvalue weighted by Crippen LogP contribution is -2.22. The smallest absolute Gasteiger partial charge is 0.335 e. The molecule has 18 heavy (non-hydrogen) atoms. The van der Waals surface area contributed by atoms with Crippen LogP contribution in [0, 0.1) is 11.3 Å². The van der Waals surface area contributed by atoms with Gasteiger partial charge in [0.15, 0.2) is 0 Å². The summed E-state index contributed by atoms with van der Waals surface area (Å²) in [5.74, 6) is -0.226. The molecule has 1 fully saturated rings. The van der Waals surface area contributed by atoms with Crippen LogP contribution in [0.5, 0.6) is 0 Å². The van der Waals surface area contributed by atoms with Gasteiger partial charge in [0.2, 0.25) is 0 Å². The minimum Gasteiger partial charge on any atom is -0.478 e. The number of nitrogens with one attached hydrogen (secondary N) is 1. The van der Waals surface area contributed by atoms with Crippen molar-refractivity contribution in [3.63, 3.8) is 0 Å². The molecule has 0 heterocycles. The molecule has 98 valence electrons. The van der Waals surface area contributed by atoms with Crippen LogP contribution in [0.2, 0.25) is 0 Å². The third kappa shape index (κ3) is 2.84. The van der Waals surface area contributed by atoms with Crippen molar-refractivity contribution in [1.82, 2.24) is 0 Å². The molecule has 0 saturated heterocycles. The van der Waals surface area contributed by atoms with Crippen LogP contribution in [-0.4, -0.2) is 17.1 Å². The summed E-state index contributed by atoms with van der Waals surface area (Å²) in [7, 11) is 0. The van der Waals surface area contributed by atoms with Gasteiger partial charge in [-0.1, -0.05) is 20.8 Å². The van der Waals surface area contributed by atoms with Gasteiger partial charge in [0.1, 0.15) is 0 Å². The predicted molar refractivity (Wildman–Crippen MR) is 73.0 cm³/mol. The monoisotopic (exact) mass is 247 g/mol. The fourth-order valence-corrected chi connectivity index (χ4v) is 3.01. The van der Waals surface area contributed by atoms with Gasteiger partial charge in [0, 0.05) is 11.7 Å². The van der Waals surface area contributed by atoms with Crippen molar-refractivity contribution >= 4 is 11.7 Å². The molecule has 3 heteroatoms. The summed E-state index contributed by atoms with van der Waals surface area (Å²) in [6.45, 7) is 6.88. The second-order valence-electron chi connectivity index (χ2n) is 6.18. The number of carbonyl (C=O) groups is 1. The van der Waals surface area contributed by atoms with E-state index in [1.54, 1.807) is 12.1 Å². The first-order chi connectivity index (χ1) is 8.37. The van der Waals surface area contributed by atoms with Crippen molar-refractivity contribution in [1.29, 1.82) is 0 Å². The van der Waals surface area contributed by atoms with Crippen molar-refractivity contribution in [2.24, 2.45) is 11.3 Å². The zero-order chi connectivity index (χ0) is 13.3. The second kappa shape index (κ2) is 4.63. The molecule has 1 aromatic rings. The number of carboxylic acids is 1. The van der Waals surface area contributed by atoms with E-state index in [0.29, 0.717) is 22.9 Å². The highest BCUT2D eigenvalue weighted by Crippen LogP contribution is 2.42. The van der Waals surface area contributed by atoms with E-state index in [1.165, 1.54) is 6.42 Å². The van der Waals surface area contributed by atoms with Crippen LogP contribution >= 0.6 is 0 Å². The Kier molecular flexibility index (Phi) is 3.33. The average Bonchev–Trinajstić information content (AvgIpc) is 2.52. The largest absolute Gasteiger partial charge is 0.478 e. The lowest BCUT2D eigenvalue weighted by Gasteiger charge is -2.19. The van der Waals surface area contributed by atoms with Crippen LogP contribution in [0.1, 0.15) is 44.0 Å². The highest BCUT2D eigenvalue weighted by atomic mass is 16.4.